The van der Waals surface area contributed by atoms with Crippen LogP contribution in [0.1, 0.15) is 28.2 Å². The minimum atomic E-state index is 0.886. The molecule has 0 spiro atoms. The van der Waals surface area contributed by atoms with Gasteiger partial charge in [0, 0.05) is 101 Å². The highest BCUT2D eigenvalue weighted by Gasteiger charge is 2.09. The van der Waals surface area contributed by atoms with E-state index in [4.69, 9.17) is 4.98 Å². The number of nitrogens with one attached hydrogen (secondary N) is 3. The predicted octanol–water partition coefficient (Wildman–Crippen LogP) is 2.59. The summed E-state index contributed by atoms with van der Waals surface area (Å²) >= 11 is 0. The third-order valence-corrected chi connectivity index (χ3v) is 6.23. The summed E-state index contributed by atoms with van der Waals surface area (Å²) in [7, 11) is 0. The Bertz CT molecular complexity index is 960. The van der Waals surface area contributed by atoms with E-state index in [9.17, 15) is 0 Å². The van der Waals surface area contributed by atoms with E-state index in [1.807, 2.05) is 18.3 Å². The van der Waals surface area contributed by atoms with Crippen LogP contribution in [0.3, 0.4) is 0 Å². The van der Waals surface area contributed by atoms with E-state index in [0.717, 1.165) is 83.9 Å². The van der Waals surface area contributed by atoms with Crippen LogP contribution in [0.4, 0.5) is 0 Å². The Morgan fingerprint density at radius 2 is 1.56 bits per heavy atom. The fourth-order valence-electron chi connectivity index (χ4n) is 4.25. The van der Waals surface area contributed by atoms with Crippen LogP contribution in [0.2, 0.25) is 0 Å². The van der Waals surface area contributed by atoms with Crippen LogP contribution >= 0.6 is 0 Å². The number of hydrogen-bond donors (Lipinski definition) is 3. The van der Waals surface area contributed by atoms with E-state index in [0.29, 0.717) is 0 Å². The summed E-state index contributed by atoms with van der Waals surface area (Å²) in [5.74, 6) is 0. The average molecular weight is 459 g/mol. The molecule has 34 heavy (non-hydrogen) atoms. The number of nitrogens with zero attached hydrogens (tertiary/aromatic N) is 3. The van der Waals surface area contributed by atoms with Gasteiger partial charge in [-0.1, -0.05) is 36.4 Å². The molecule has 0 saturated heterocycles. The van der Waals surface area contributed by atoms with Crippen molar-refractivity contribution in [2.24, 2.45) is 0 Å². The Balaban J connectivity index is 1.27. The van der Waals surface area contributed by atoms with Crippen LogP contribution < -0.4 is 16.0 Å². The van der Waals surface area contributed by atoms with Gasteiger partial charge in [0.25, 0.3) is 0 Å². The molecule has 0 fully saturated rings. The maximum absolute atomic E-state index is 4.87. The Morgan fingerprint density at radius 1 is 0.765 bits per heavy atom. The van der Waals surface area contributed by atoms with Crippen LogP contribution in [-0.4, -0.2) is 60.7 Å². The number of benzene rings is 1. The quantitative estimate of drug-likeness (QED) is 0.473. The number of rotatable bonds is 7. The average Bonchev–Trinajstić information content (AvgIpc) is 2.88. The predicted molar refractivity (Wildman–Crippen MR) is 139 cm³/mol. The summed E-state index contributed by atoms with van der Waals surface area (Å²) in [6, 6.07) is 21.6. The van der Waals surface area contributed by atoms with Gasteiger partial charge in [-0.05, 0) is 35.4 Å². The van der Waals surface area contributed by atoms with Crippen LogP contribution in [0, 0.1) is 0 Å². The van der Waals surface area contributed by atoms with Gasteiger partial charge < -0.3 is 16.0 Å². The largest absolute Gasteiger partial charge is 0.315 e. The van der Waals surface area contributed by atoms with Crippen molar-refractivity contribution in [3.63, 3.8) is 0 Å². The summed E-state index contributed by atoms with van der Waals surface area (Å²) in [5.41, 5.74) is 6.20. The van der Waals surface area contributed by atoms with Crippen LogP contribution in [-0.2, 0) is 32.4 Å². The maximum atomic E-state index is 4.87. The smallest absolute Gasteiger partial charge is 0.0419 e. The molecule has 0 saturated carbocycles. The third-order valence-electron chi connectivity index (χ3n) is 6.23. The molecule has 2 bridgehead atoms. The Morgan fingerprint density at radius 3 is 2.38 bits per heavy atom. The molecule has 3 N–H and O–H groups in total. The molecule has 2 aromatic heterocycles. The molecule has 0 aliphatic carbocycles. The molecule has 180 valence electrons. The lowest BCUT2D eigenvalue weighted by atomic mass is 10.1. The summed E-state index contributed by atoms with van der Waals surface area (Å²) in [6.07, 6.45) is 4.78. The van der Waals surface area contributed by atoms with Gasteiger partial charge in [0.05, 0.1) is 0 Å². The summed E-state index contributed by atoms with van der Waals surface area (Å²) in [6.45, 7) is 8.84. The van der Waals surface area contributed by atoms with E-state index in [-0.39, 0.29) is 0 Å². The van der Waals surface area contributed by atoms with Gasteiger partial charge in [-0.3, -0.25) is 14.9 Å². The number of aromatic nitrogens is 2. The highest BCUT2D eigenvalue weighted by atomic mass is 15.1. The lowest BCUT2D eigenvalue weighted by Crippen LogP contribution is -2.36. The van der Waals surface area contributed by atoms with Crippen LogP contribution in [0.5, 0.6) is 0 Å². The maximum Gasteiger partial charge on any atom is 0.0419 e. The molecule has 6 heteroatoms. The van der Waals surface area contributed by atoms with Crippen molar-refractivity contribution in [2.45, 2.75) is 32.4 Å². The fraction of sp³-hybridized carbons (Fsp3) is 0.429. The molecule has 0 unspecified atom stereocenters. The first kappa shape index (κ1) is 24.5. The summed E-state index contributed by atoms with van der Waals surface area (Å²) in [5, 5.41) is 10.6. The molecule has 1 aliphatic rings. The van der Waals surface area contributed by atoms with Crippen molar-refractivity contribution in [2.75, 3.05) is 45.8 Å². The SMILES string of the molecule is c1ccc(CCNCc2ccc(CN3CCNCCNCCc4cccc(n4)CC3)cc2)nc1. The zero-order valence-corrected chi connectivity index (χ0v) is 20.2. The summed E-state index contributed by atoms with van der Waals surface area (Å²) in [4.78, 5) is 11.8. The Kier molecular flexibility index (Phi) is 10.0. The zero-order chi connectivity index (χ0) is 23.3. The van der Waals surface area contributed by atoms with Crippen LogP contribution in [0.25, 0.3) is 0 Å². The van der Waals surface area contributed by atoms with Crippen molar-refractivity contribution < 1.29 is 0 Å². The molecule has 6 nitrogen and oxygen atoms in total. The van der Waals surface area contributed by atoms with Gasteiger partial charge in [0.15, 0.2) is 0 Å². The van der Waals surface area contributed by atoms with Gasteiger partial charge in [-0.25, -0.2) is 0 Å². The zero-order valence-electron chi connectivity index (χ0n) is 20.2. The number of hydrogen-bond acceptors (Lipinski definition) is 6. The molecule has 3 aromatic rings. The van der Waals surface area contributed by atoms with Crippen molar-refractivity contribution in [1.82, 2.24) is 30.8 Å². The Hall–Kier alpha value is -2.64. The van der Waals surface area contributed by atoms with E-state index in [2.05, 4.69) is 74.4 Å². The molecular formula is C28H38N6. The lowest BCUT2D eigenvalue weighted by molar-refractivity contribution is 0.267. The highest BCUT2D eigenvalue weighted by molar-refractivity contribution is 5.22. The normalized spacial score (nSPS) is 16.1. The van der Waals surface area contributed by atoms with Crippen LogP contribution in [0.15, 0.2) is 66.9 Å². The number of pyridine rings is 2. The molecule has 0 radical (unpaired) electrons. The minimum absolute atomic E-state index is 0.886. The fourth-order valence-corrected chi connectivity index (χ4v) is 4.25. The van der Waals surface area contributed by atoms with E-state index >= 15 is 0 Å². The monoisotopic (exact) mass is 458 g/mol. The standard InChI is InChI=1S/C28H38N6/c1-2-14-32-26(4-1)11-16-31-22-24-7-9-25(10-8-24)23-34-20-13-28-6-3-5-27(33-28)12-15-29-17-18-30-19-21-34/h1-10,14,29-31H,11-13,15-23H2. The molecule has 1 aliphatic heterocycles. The second-order valence-corrected chi connectivity index (χ2v) is 8.96. The number of fused-ring (bicyclic) bond motifs is 2. The first-order valence-electron chi connectivity index (χ1n) is 12.6. The molecular weight excluding hydrogens is 420 g/mol. The van der Waals surface area contributed by atoms with Crippen molar-refractivity contribution in [1.29, 1.82) is 0 Å². The van der Waals surface area contributed by atoms with Gasteiger partial charge in [0.2, 0.25) is 0 Å². The van der Waals surface area contributed by atoms with Gasteiger partial charge in [0.1, 0.15) is 0 Å². The second kappa shape index (κ2) is 13.9. The molecule has 0 atom stereocenters. The lowest BCUT2D eigenvalue weighted by Gasteiger charge is -2.23. The van der Waals surface area contributed by atoms with Gasteiger partial charge in [-0.2, -0.15) is 0 Å². The highest BCUT2D eigenvalue weighted by Crippen LogP contribution is 2.10. The molecule has 4 rings (SSSR count). The molecule has 3 heterocycles. The Labute approximate surface area is 204 Å². The molecule has 0 amide bonds. The van der Waals surface area contributed by atoms with E-state index < -0.39 is 0 Å². The first-order chi connectivity index (χ1) is 16.8. The minimum Gasteiger partial charge on any atom is -0.315 e. The van der Waals surface area contributed by atoms with Crippen molar-refractivity contribution >= 4 is 0 Å². The molecule has 1 aromatic carbocycles. The second-order valence-electron chi connectivity index (χ2n) is 8.96. The van der Waals surface area contributed by atoms with Gasteiger partial charge in [-0.15, -0.1) is 0 Å². The van der Waals surface area contributed by atoms with Gasteiger partial charge >= 0.3 is 0 Å². The topological polar surface area (TPSA) is 65.1 Å². The first-order valence-corrected chi connectivity index (χ1v) is 12.6. The summed E-state index contributed by atoms with van der Waals surface area (Å²) < 4.78 is 0. The van der Waals surface area contributed by atoms with Crippen molar-refractivity contribution in [3.8, 4) is 0 Å². The van der Waals surface area contributed by atoms with E-state index in [1.165, 1.54) is 22.5 Å². The van der Waals surface area contributed by atoms with E-state index in [1.54, 1.807) is 0 Å². The van der Waals surface area contributed by atoms with Crippen molar-refractivity contribution in [3.05, 3.63) is 95.1 Å². The third kappa shape index (κ3) is 8.61.